The number of hydrogen-bond acceptors (Lipinski definition) is 2. The summed E-state index contributed by atoms with van der Waals surface area (Å²) in [6.45, 7) is 18.3. The van der Waals surface area contributed by atoms with Gasteiger partial charge in [-0.2, -0.15) is 0 Å². The molecule has 0 atom stereocenters. The van der Waals surface area contributed by atoms with Crippen molar-refractivity contribution in [2.24, 2.45) is 0 Å². The predicted octanol–water partition coefficient (Wildman–Crippen LogP) is 4.46. The average molecular weight is 327 g/mol. The molecule has 0 aromatic carbocycles. The lowest BCUT2D eigenvalue weighted by Gasteiger charge is -2.40. The Morgan fingerprint density at radius 3 is 1.68 bits per heavy atom. The van der Waals surface area contributed by atoms with Gasteiger partial charge in [0.05, 0.1) is 6.17 Å². The van der Waals surface area contributed by atoms with E-state index in [0.29, 0.717) is 6.17 Å². The third kappa shape index (κ3) is 9.81. The van der Waals surface area contributed by atoms with Gasteiger partial charge in [0.25, 0.3) is 0 Å². The molecule has 0 saturated heterocycles. The van der Waals surface area contributed by atoms with E-state index in [2.05, 4.69) is 49.8 Å². The summed E-state index contributed by atoms with van der Waals surface area (Å²) in [7, 11) is -0.0407. The van der Waals surface area contributed by atoms with Gasteiger partial charge in [0, 0.05) is 9.52 Å². The second kappa shape index (κ2) is 15.8. The third-order valence-electron chi connectivity index (χ3n) is 4.33. The minimum atomic E-state index is -0.0407. The highest BCUT2D eigenvalue weighted by Crippen LogP contribution is 2.16. The van der Waals surface area contributed by atoms with Gasteiger partial charge in [0.2, 0.25) is 0 Å². The summed E-state index contributed by atoms with van der Waals surface area (Å²) in [4.78, 5) is 5.57. The highest BCUT2D eigenvalue weighted by molar-refractivity contribution is 6.41. The van der Waals surface area contributed by atoms with E-state index >= 15 is 0 Å². The van der Waals surface area contributed by atoms with Crippen molar-refractivity contribution in [3.8, 4) is 0 Å². The number of hydrogen-bond donors (Lipinski definition) is 0. The Kier molecular flexibility index (Phi) is 15.7. The standard InChI is InChI=1S/C19H42N2Si/c1-6-11-16-20(14-8-3)19(13-18-22-10-5)21(15-9-4)17-12-7-2/h10,19H,5-9,11-18,22H2,1-4H3. The Morgan fingerprint density at radius 1 is 0.818 bits per heavy atom. The van der Waals surface area contributed by atoms with E-state index in [1.54, 1.807) is 0 Å². The summed E-state index contributed by atoms with van der Waals surface area (Å²) in [5, 5.41) is 0. The van der Waals surface area contributed by atoms with Gasteiger partial charge in [-0.1, -0.05) is 46.6 Å². The Balaban J connectivity index is 4.90. The maximum atomic E-state index is 3.95. The summed E-state index contributed by atoms with van der Waals surface area (Å²) in [6, 6.07) is 1.41. The monoisotopic (exact) mass is 326 g/mol. The van der Waals surface area contributed by atoms with Crippen LogP contribution in [0.1, 0.15) is 72.6 Å². The lowest BCUT2D eigenvalue weighted by Crippen LogP contribution is -2.49. The summed E-state index contributed by atoms with van der Waals surface area (Å²) >= 11 is 0. The van der Waals surface area contributed by atoms with E-state index < -0.39 is 0 Å². The van der Waals surface area contributed by atoms with E-state index in [9.17, 15) is 0 Å². The number of unbranched alkanes of at least 4 members (excludes halogenated alkanes) is 2. The van der Waals surface area contributed by atoms with Crippen molar-refractivity contribution in [3.63, 3.8) is 0 Å². The molecule has 0 unspecified atom stereocenters. The molecule has 0 spiro atoms. The van der Waals surface area contributed by atoms with Crippen LogP contribution in [0, 0.1) is 0 Å². The molecule has 2 nitrogen and oxygen atoms in total. The molecule has 0 aliphatic heterocycles. The van der Waals surface area contributed by atoms with Gasteiger partial charge >= 0.3 is 0 Å². The second-order valence-corrected chi connectivity index (χ2v) is 8.34. The lowest BCUT2D eigenvalue weighted by molar-refractivity contribution is 0.0363. The van der Waals surface area contributed by atoms with Gasteiger partial charge in [0.1, 0.15) is 0 Å². The zero-order chi connectivity index (χ0) is 16.6. The van der Waals surface area contributed by atoms with Crippen molar-refractivity contribution in [2.45, 2.75) is 84.9 Å². The molecular weight excluding hydrogens is 284 g/mol. The minimum absolute atomic E-state index is 0.0407. The number of rotatable bonds is 16. The van der Waals surface area contributed by atoms with Gasteiger partial charge in [0.15, 0.2) is 0 Å². The molecule has 3 heteroatoms. The second-order valence-electron chi connectivity index (χ2n) is 6.48. The fourth-order valence-electron chi connectivity index (χ4n) is 3.16. The molecule has 132 valence electrons. The predicted molar refractivity (Wildman–Crippen MR) is 105 cm³/mol. The largest absolute Gasteiger partial charge is 0.288 e. The Labute approximate surface area is 143 Å². The SMILES string of the molecule is C=C[SiH2]CCC(N(CCC)CCCC)N(CCC)CCCC. The molecule has 22 heavy (non-hydrogen) atoms. The van der Waals surface area contributed by atoms with Crippen LogP contribution < -0.4 is 0 Å². The normalized spacial score (nSPS) is 12.3. The van der Waals surface area contributed by atoms with E-state index in [-0.39, 0.29) is 9.52 Å². The molecule has 0 saturated carbocycles. The first kappa shape index (κ1) is 21.9. The Hall–Kier alpha value is -0.123. The van der Waals surface area contributed by atoms with Crippen LogP contribution in [0.5, 0.6) is 0 Å². The van der Waals surface area contributed by atoms with Gasteiger partial charge in [-0.3, -0.25) is 9.80 Å². The molecule has 0 amide bonds. The molecule has 0 aliphatic rings. The maximum Gasteiger partial charge on any atom is 0.0619 e. The average Bonchev–Trinajstić information content (AvgIpc) is 2.53. The van der Waals surface area contributed by atoms with E-state index in [1.807, 2.05) is 0 Å². The van der Waals surface area contributed by atoms with Gasteiger partial charge < -0.3 is 0 Å². The first-order chi connectivity index (χ1) is 10.7. The van der Waals surface area contributed by atoms with Crippen molar-refractivity contribution in [3.05, 3.63) is 12.3 Å². The van der Waals surface area contributed by atoms with Crippen molar-refractivity contribution in [1.82, 2.24) is 9.80 Å². The van der Waals surface area contributed by atoms with Gasteiger partial charge in [-0.05, 0) is 58.3 Å². The lowest BCUT2D eigenvalue weighted by atomic mass is 10.2. The molecular formula is C19H42N2Si. The molecule has 0 aliphatic carbocycles. The fourth-order valence-corrected chi connectivity index (χ4v) is 4.05. The summed E-state index contributed by atoms with van der Waals surface area (Å²) in [5.41, 5.74) is 2.21. The van der Waals surface area contributed by atoms with Crippen molar-refractivity contribution < 1.29 is 0 Å². The minimum Gasteiger partial charge on any atom is -0.288 e. The van der Waals surface area contributed by atoms with Crippen LogP contribution in [0.4, 0.5) is 0 Å². The smallest absolute Gasteiger partial charge is 0.0619 e. The molecule has 0 rings (SSSR count). The van der Waals surface area contributed by atoms with Crippen LogP contribution in [0.15, 0.2) is 12.3 Å². The molecule has 0 N–H and O–H groups in total. The van der Waals surface area contributed by atoms with E-state index in [1.165, 1.54) is 77.2 Å². The van der Waals surface area contributed by atoms with E-state index in [4.69, 9.17) is 0 Å². The zero-order valence-corrected chi connectivity index (χ0v) is 17.4. The maximum absolute atomic E-state index is 3.95. The summed E-state index contributed by atoms with van der Waals surface area (Å²) < 4.78 is 0. The third-order valence-corrected chi connectivity index (χ3v) is 5.56. The van der Waals surface area contributed by atoms with Crippen molar-refractivity contribution in [1.29, 1.82) is 0 Å². The Morgan fingerprint density at radius 2 is 1.32 bits per heavy atom. The van der Waals surface area contributed by atoms with Crippen LogP contribution in [0.3, 0.4) is 0 Å². The Bertz CT molecular complexity index is 228. The molecule has 0 heterocycles. The van der Waals surface area contributed by atoms with Gasteiger partial charge in [-0.15, -0.1) is 12.3 Å². The highest BCUT2D eigenvalue weighted by atomic mass is 28.2. The number of nitrogens with zero attached hydrogens (tertiary/aromatic N) is 2. The molecule has 0 radical (unpaired) electrons. The van der Waals surface area contributed by atoms with Crippen molar-refractivity contribution >= 4 is 9.52 Å². The molecule has 0 bridgehead atoms. The summed E-state index contributed by atoms with van der Waals surface area (Å²) in [6.07, 6.45) is 9.84. The first-order valence-corrected chi connectivity index (χ1v) is 11.7. The van der Waals surface area contributed by atoms with Gasteiger partial charge in [-0.25, -0.2) is 0 Å². The first-order valence-electron chi connectivity index (χ1n) is 9.83. The summed E-state index contributed by atoms with van der Waals surface area (Å²) in [5.74, 6) is 0. The van der Waals surface area contributed by atoms with Crippen molar-refractivity contribution in [2.75, 3.05) is 26.2 Å². The van der Waals surface area contributed by atoms with E-state index in [0.717, 1.165) is 0 Å². The molecule has 0 fully saturated rings. The molecule has 0 aromatic rings. The zero-order valence-electron chi connectivity index (χ0n) is 15.9. The van der Waals surface area contributed by atoms with Crippen LogP contribution >= 0.6 is 0 Å². The van der Waals surface area contributed by atoms with Crippen LogP contribution in [0.25, 0.3) is 0 Å². The molecule has 0 aromatic heterocycles. The topological polar surface area (TPSA) is 6.48 Å². The van der Waals surface area contributed by atoms with Crippen LogP contribution in [-0.4, -0.2) is 51.7 Å². The fraction of sp³-hybridized carbons (Fsp3) is 0.895. The van der Waals surface area contributed by atoms with Crippen LogP contribution in [0.2, 0.25) is 6.04 Å². The quantitative estimate of drug-likeness (QED) is 0.235. The van der Waals surface area contributed by atoms with Crippen LogP contribution in [-0.2, 0) is 0 Å². The highest BCUT2D eigenvalue weighted by Gasteiger charge is 2.23.